The van der Waals surface area contributed by atoms with Gasteiger partial charge >= 0.3 is 0 Å². The predicted molar refractivity (Wildman–Crippen MR) is 129 cm³/mol. The van der Waals surface area contributed by atoms with E-state index in [1.807, 2.05) is 48.7 Å². The molecule has 1 aliphatic rings. The molecule has 2 heterocycles. The molecule has 7 nitrogen and oxygen atoms in total. The van der Waals surface area contributed by atoms with Gasteiger partial charge < -0.3 is 25.1 Å². The Morgan fingerprint density at radius 2 is 1.79 bits per heavy atom. The minimum absolute atomic E-state index is 0.186. The summed E-state index contributed by atoms with van der Waals surface area (Å²) in [7, 11) is 0. The Kier molecular flexibility index (Phi) is 6.10. The third kappa shape index (κ3) is 4.56. The Bertz CT molecular complexity index is 1370. The highest BCUT2D eigenvalue weighted by molar-refractivity contribution is 6.33. The first-order valence-corrected chi connectivity index (χ1v) is 11.2. The molecule has 172 valence electrons. The Morgan fingerprint density at radius 1 is 1.00 bits per heavy atom. The molecule has 3 N–H and O–H groups in total. The van der Waals surface area contributed by atoms with Crippen LogP contribution >= 0.6 is 11.6 Å². The van der Waals surface area contributed by atoms with Crippen molar-refractivity contribution >= 4 is 34.3 Å². The molecule has 34 heavy (non-hydrogen) atoms. The second-order valence-electron chi connectivity index (χ2n) is 7.97. The van der Waals surface area contributed by atoms with E-state index in [-0.39, 0.29) is 19.2 Å². The van der Waals surface area contributed by atoms with Crippen LogP contribution < -0.4 is 20.1 Å². The smallest absolute Gasteiger partial charge is 0.253 e. The van der Waals surface area contributed by atoms with Crippen LogP contribution in [0, 0.1) is 0 Å². The monoisotopic (exact) mass is 475 g/mol. The summed E-state index contributed by atoms with van der Waals surface area (Å²) in [5, 5.41) is 7.12. The molecule has 2 amide bonds. The van der Waals surface area contributed by atoms with Gasteiger partial charge in [0, 0.05) is 30.1 Å². The summed E-state index contributed by atoms with van der Waals surface area (Å²) in [6.45, 7) is 0.466. The van der Waals surface area contributed by atoms with Gasteiger partial charge in [-0.05, 0) is 41.5 Å². The molecule has 0 saturated heterocycles. The molecule has 1 aromatic heterocycles. The standard InChI is InChI=1S/C26H22ClN3O4/c27-20-7-3-1-6-19(20)25(31)30-22(12-17-14-28-21-8-4-2-5-18(17)21)26(32)29-13-16-9-10-23-24(11-16)34-15-33-23/h1-11,14,22,28H,12-13,15H2,(H,29,32)(H,30,31)/t22-/m0/s1. The van der Waals surface area contributed by atoms with Gasteiger partial charge in [0.2, 0.25) is 12.7 Å². The molecule has 4 aromatic rings. The molecular formula is C26H22ClN3O4. The molecule has 5 rings (SSSR count). The van der Waals surface area contributed by atoms with Crippen molar-refractivity contribution < 1.29 is 19.1 Å². The number of ether oxygens (including phenoxy) is 2. The van der Waals surface area contributed by atoms with E-state index >= 15 is 0 Å². The number of hydrogen-bond donors (Lipinski definition) is 3. The minimum atomic E-state index is -0.808. The van der Waals surface area contributed by atoms with Crippen molar-refractivity contribution in [3.05, 3.63) is 94.6 Å². The van der Waals surface area contributed by atoms with Gasteiger partial charge in [-0.3, -0.25) is 9.59 Å². The zero-order valence-electron chi connectivity index (χ0n) is 18.1. The quantitative estimate of drug-likeness (QED) is 0.373. The number of benzene rings is 3. The zero-order valence-corrected chi connectivity index (χ0v) is 18.9. The number of nitrogens with one attached hydrogen (secondary N) is 3. The van der Waals surface area contributed by atoms with E-state index in [9.17, 15) is 9.59 Å². The molecule has 0 radical (unpaired) electrons. The van der Waals surface area contributed by atoms with Gasteiger partial charge in [0.25, 0.3) is 5.91 Å². The normalized spacial score (nSPS) is 13.0. The highest BCUT2D eigenvalue weighted by Crippen LogP contribution is 2.32. The number of hydrogen-bond acceptors (Lipinski definition) is 4. The number of para-hydroxylation sites is 1. The van der Waals surface area contributed by atoms with E-state index in [4.69, 9.17) is 21.1 Å². The van der Waals surface area contributed by atoms with E-state index in [1.165, 1.54) is 0 Å². The molecule has 8 heteroatoms. The van der Waals surface area contributed by atoms with E-state index < -0.39 is 11.9 Å². The predicted octanol–water partition coefficient (Wildman–Crippen LogP) is 4.21. The lowest BCUT2D eigenvalue weighted by atomic mass is 10.0. The summed E-state index contributed by atoms with van der Waals surface area (Å²) in [6, 6.07) is 19.3. The summed E-state index contributed by atoms with van der Waals surface area (Å²) in [4.78, 5) is 29.4. The first-order valence-electron chi connectivity index (χ1n) is 10.8. The van der Waals surface area contributed by atoms with Gasteiger partial charge in [0.05, 0.1) is 10.6 Å². The second-order valence-corrected chi connectivity index (χ2v) is 8.38. The van der Waals surface area contributed by atoms with Gasteiger partial charge in [0.1, 0.15) is 6.04 Å². The molecule has 0 bridgehead atoms. The summed E-state index contributed by atoms with van der Waals surface area (Å²) >= 11 is 6.20. The number of amides is 2. The van der Waals surface area contributed by atoms with Crippen molar-refractivity contribution in [2.75, 3.05) is 6.79 Å². The molecular weight excluding hydrogens is 454 g/mol. The van der Waals surface area contributed by atoms with Crippen LogP contribution in [0.3, 0.4) is 0 Å². The first kappa shape index (κ1) is 21.9. The molecule has 0 unspecified atom stereocenters. The van der Waals surface area contributed by atoms with Crippen molar-refractivity contribution in [3.8, 4) is 11.5 Å². The topological polar surface area (TPSA) is 92.5 Å². The van der Waals surface area contributed by atoms with Crippen LogP contribution in [0.25, 0.3) is 10.9 Å². The fraction of sp³-hybridized carbons (Fsp3) is 0.154. The summed E-state index contributed by atoms with van der Waals surface area (Å²) in [6.07, 6.45) is 2.18. The Morgan fingerprint density at radius 3 is 2.68 bits per heavy atom. The lowest BCUT2D eigenvalue weighted by molar-refractivity contribution is -0.123. The minimum Gasteiger partial charge on any atom is -0.454 e. The number of carbonyl (C=O) groups is 2. The van der Waals surface area contributed by atoms with E-state index in [1.54, 1.807) is 24.3 Å². The van der Waals surface area contributed by atoms with Crippen LogP contribution in [0.4, 0.5) is 0 Å². The van der Waals surface area contributed by atoms with Gasteiger partial charge in [0.15, 0.2) is 11.5 Å². The van der Waals surface area contributed by atoms with Crippen molar-refractivity contribution in [3.63, 3.8) is 0 Å². The molecule has 0 aliphatic carbocycles. The van der Waals surface area contributed by atoms with Crippen LogP contribution in [-0.4, -0.2) is 29.6 Å². The van der Waals surface area contributed by atoms with Crippen LogP contribution in [0.2, 0.25) is 5.02 Å². The zero-order chi connectivity index (χ0) is 23.5. The van der Waals surface area contributed by atoms with Crippen molar-refractivity contribution in [2.24, 2.45) is 0 Å². The first-order chi connectivity index (χ1) is 16.6. The Balaban J connectivity index is 1.35. The Hall–Kier alpha value is -3.97. The second kappa shape index (κ2) is 9.49. The maximum absolute atomic E-state index is 13.2. The molecule has 3 aromatic carbocycles. The van der Waals surface area contributed by atoms with Gasteiger partial charge in [-0.25, -0.2) is 0 Å². The highest BCUT2D eigenvalue weighted by Gasteiger charge is 2.24. The number of fused-ring (bicyclic) bond motifs is 2. The number of aromatic nitrogens is 1. The van der Waals surface area contributed by atoms with Crippen LogP contribution in [0.5, 0.6) is 11.5 Å². The van der Waals surface area contributed by atoms with Crippen LogP contribution in [0.15, 0.2) is 72.9 Å². The van der Waals surface area contributed by atoms with E-state index in [2.05, 4.69) is 15.6 Å². The van der Waals surface area contributed by atoms with Crippen molar-refractivity contribution in [1.29, 1.82) is 0 Å². The number of halogens is 1. The fourth-order valence-corrected chi connectivity index (χ4v) is 4.20. The van der Waals surface area contributed by atoms with Gasteiger partial charge in [-0.1, -0.05) is 48.0 Å². The third-order valence-corrected chi connectivity index (χ3v) is 6.07. The van der Waals surface area contributed by atoms with Crippen LogP contribution in [0.1, 0.15) is 21.5 Å². The molecule has 0 fully saturated rings. The van der Waals surface area contributed by atoms with Gasteiger partial charge in [-0.15, -0.1) is 0 Å². The average Bonchev–Trinajstić information content (AvgIpc) is 3.49. The third-order valence-electron chi connectivity index (χ3n) is 5.74. The maximum Gasteiger partial charge on any atom is 0.253 e. The summed E-state index contributed by atoms with van der Waals surface area (Å²) in [5.41, 5.74) is 3.07. The Labute approximate surface area is 201 Å². The highest BCUT2D eigenvalue weighted by atomic mass is 35.5. The summed E-state index contributed by atoms with van der Waals surface area (Å²) < 4.78 is 10.7. The van der Waals surface area contributed by atoms with Crippen LogP contribution in [-0.2, 0) is 17.8 Å². The number of H-pyrrole nitrogens is 1. The number of rotatable bonds is 7. The molecule has 1 atom stereocenters. The molecule has 0 spiro atoms. The largest absolute Gasteiger partial charge is 0.454 e. The lowest BCUT2D eigenvalue weighted by Gasteiger charge is -2.19. The number of aromatic amines is 1. The molecule has 1 aliphatic heterocycles. The fourth-order valence-electron chi connectivity index (χ4n) is 3.97. The lowest BCUT2D eigenvalue weighted by Crippen LogP contribution is -2.47. The molecule has 0 saturated carbocycles. The maximum atomic E-state index is 13.2. The van der Waals surface area contributed by atoms with E-state index in [0.29, 0.717) is 28.5 Å². The van der Waals surface area contributed by atoms with Gasteiger partial charge in [-0.2, -0.15) is 0 Å². The summed E-state index contributed by atoms with van der Waals surface area (Å²) in [5.74, 6) is 0.616. The van der Waals surface area contributed by atoms with Crippen molar-refractivity contribution in [2.45, 2.75) is 19.0 Å². The average molecular weight is 476 g/mol. The number of carbonyl (C=O) groups excluding carboxylic acids is 2. The van der Waals surface area contributed by atoms with Crippen molar-refractivity contribution in [1.82, 2.24) is 15.6 Å². The SMILES string of the molecule is O=C(N[C@@H](Cc1c[nH]c2ccccc12)C(=O)NCc1ccc2c(c1)OCO2)c1ccccc1Cl. The van der Waals surface area contributed by atoms with E-state index in [0.717, 1.165) is 22.0 Å².